The highest BCUT2D eigenvalue weighted by molar-refractivity contribution is 6.30. The van der Waals surface area contributed by atoms with Gasteiger partial charge in [-0.15, -0.1) is 31.4 Å². The number of hydrogen-bond donors (Lipinski definition) is 2. The molecule has 0 saturated carbocycles. The van der Waals surface area contributed by atoms with Gasteiger partial charge in [0.1, 0.15) is 5.75 Å². The minimum atomic E-state index is 0. The van der Waals surface area contributed by atoms with Crippen LogP contribution < -0.4 is 5.32 Å². The average molecular weight is 326 g/mol. The summed E-state index contributed by atoms with van der Waals surface area (Å²) in [5.41, 5.74) is 0.828. The predicted molar refractivity (Wildman–Crippen MR) is 85.0 cm³/mol. The van der Waals surface area contributed by atoms with Gasteiger partial charge in [-0.1, -0.05) is 17.7 Å². The second-order valence-electron chi connectivity index (χ2n) is 4.17. The van der Waals surface area contributed by atoms with Gasteiger partial charge >= 0.3 is 0 Å². The van der Waals surface area contributed by atoms with Crippen LogP contribution >= 0.6 is 36.4 Å². The van der Waals surface area contributed by atoms with Crippen molar-refractivity contribution in [2.24, 2.45) is 0 Å². The third-order valence-electron chi connectivity index (χ3n) is 3.08. The quantitative estimate of drug-likeness (QED) is 0.839. The molecule has 0 spiro atoms. The fourth-order valence-electron chi connectivity index (χ4n) is 2.20. The molecule has 0 radical (unpaired) electrons. The molecule has 3 nitrogen and oxygen atoms in total. The maximum absolute atomic E-state index is 9.92. The molecular weight excluding hydrogens is 307 g/mol. The van der Waals surface area contributed by atoms with Gasteiger partial charge in [-0.05, 0) is 18.2 Å². The first-order valence-corrected chi connectivity index (χ1v) is 6.16. The zero-order valence-electron chi connectivity index (χ0n) is 10.5. The number of halogens is 3. The molecule has 108 valence electrons. The van der Waals surface area contributed by atoms with Crippen LogP contribution in [0.1, 0.15) is 11.6 Å². The molecule has 0 aromatic heterocycles. The molecule has 19 heavy (non-hydrogen) atoms. The van der Waals surface area contributed by atoms with Gasteiger partial charge in [0.2, 0.25) is 0 Å². The molecule has 1 heterocycles. The number of aromatic hydroxyl groups is 1. The second-order valence-corrected chi connectivity index (χ2v) is 4.61. The first kappa shape index (κ1) is 18.6. The Bertz CT molecular complexity index is 409. The van der Waals surface area contributed by atoms with Crippen LogP contribution in [-0.2, 0) is 0 Å². The first-order valence-electron chi connectivity index (χ1n) is 5.78. The number of nitrogens with one attached hydrogen (secondary N) is 1. The van der Waals surface area contributed by atoms with Crippen molar-refractivity contribution in [3.8, 4) is 5.75 Å². The van der Waals surface area contributed by atoms with Crippen molar-refractivity contribution in [3.05, 3.63) is 41.4 Å². The number of hydrogen-bond acceptors (Lipinski definition) is 3. The Morgan fingerprint density at radius 1 is 1.32 bits per heavy atom. The summed E-state index contributed by atoms with van der Waals surface area (Å²) in [7, 11) is 0. The van der Waals surface area contributed by atoms with E-state index in [9.17, 15) is 5.11 Å². The fourth-order valence-corrected chi connectivity index (χ4v) is 2.38. The lowest BCUT2D eigenvalue weighted by molar-refractivity contribution is 0.201. The molecule has 0 aliphatic carbocycles. The maximum atomic E-state index is 9.92. The molecule has 2 N–H and O–H groups in total. The molecule has 1 atom stereocenters. The summed E-state index contributed by atoms with van der Waals surface area (Å²) in [6, 6.07) is 5.16. The van der Waals surface area contributed by atoms with Crippen molar-refractivity contribution in [2.75, 3.05) is 26.2 Å². The minimum absolute atomic E-state index is 0. The highest BCUT2D eigenvalue weighted by Crippen LogP contribution is 2.31. The summed E-state index contributed by atoms with van der Waals surface area (Å²) in [4.78, 5) is 2.29. The lowest BCUT2D eigenvalue weighted by Gasteiger charge is -2.33. The lowest BCUT2D eigenvalue weighted by Crippen LogP contribution is -2.44. The minimum Gasteiger partial charge on any atom is -0.508 e. The SMILES string of the molecule is C=C[C@H](c1cc(Cl)ccc1O)N1CCNCC1.Cl.Cl. The number of nitrogens with zero attached hydrogens (tertiary/aromatic N) is 1. The summed E-state index contributed by atoms with van der Waals surface area (Å²) in [6.07, 6.45) is 1.86. The van der Waals surface area contributed by atoms with Crippen LogP contribution in [-0.4, -0.2) is 36.2 Å². The Balaban J connectivity index is 0.00000162. The normalized spacial score (nSPS) is 16.9. The predicted octanol–water partition coefficient (Wildman–Crippen LogP) is 3.02. The van der Waals surface area contributed by atoms with Crippen molar-refractivity contribution in [2.45, 2.75) is 6.04 Å². The van der Waals surface area contributed by atoms with E-state index in [2.05, 4.69) is 16.8 Å². The van der Waals surface area contributed by atoms with E-state index in [0.29, 0.717) is 5.02 Å². The molecule has 2 rings (SSSR count). The summed E-state index contributed by atoms with van der Waals surface area (Å²) in [6.45, 7) is 7.69. The van der Waals surface area contributed by atoms with Gasteiger partial charge in [0.15, 0.2) is 0 Å². The second kappa shape index (κ2) is 8.67. The summed E-state index contributed by atoms with van der Waals surface area (Å²) >= 11 is 5.98. The van der Waals surface area contributed by atoms with Crippen LogP contribution in [0.2, 0.25) is 5.02 Å². The summed E-state index contributed by atoms with van der Waals surface area (Å²) in [5, 5.41) is 13.9. The zero-order valence-corrected chi connectivity index (χ0v) is 12.9. The van der Waals surface area contributed by atoms with Crippen molar-refractivity contribution < 1.29 is 5.11 Å². The monoisotopic (exact) mass is 324 g/mol. The van der Waals surface area contributed by atoms with Crippen LogP contribution in [0.25, 0.3) is 0 Å². The van der Waals surface area contributed by atoms with E-state index >= 15 is 0 Å². The van der Waals surface area contributed by atoms with Crippen LogP contribution in [0.3, 0.4) is 0 Å². The van der Waals surface area contributed by atoms with Gasteiger partial charge < -0.3 is 10.4 Å². The van der Waals surface area contributed by atoms with Gasteiger partial charge in [-0.25, -0.2) is 0 Å². The number of piperazine rings is 1. The van der Waals surface area contributed by atoms with Crippen LogP contribution in [0.15, 0.2) is 30.9 Å². The topological polar surface area (TPSA) is 35.5 Å². The average Bonchev–Trinajstić information content (AvgIpc) is 2.36. The Morgan fingerprint density at radius 2 is 1.95 bits per heavy atom. The van der Waals surface area contributed by atoms with Gasteiger partial charge in [0.05, 0.1) is 6.04 Å². The Hall–Kier alpha value is -0.450. The molecule has 0 unspecified atom stereocenters. The highest BCUT2D eigenvalue weighted by atomic mass is 35.5. The Morgan fingerprint density at radius 3 is 2.53 bits per heavy atom. The Kier molecular flexibility index (Phi) is 8.46. The van der Waals surface area contributed by atoms with E-state index in [1.807, 2.05) is 12.1 Å². The number of rotatable bonds is 3. The first-order chi connectivity index (χ1) is 8.22. The fraction of sp³-hybridized carbons (Fsp3) is 0.385. The van der Waals surface area contributed by atoms with Crippen LogP contribution in [0.5, 0.6) is 5.75 Å². The van der Waals surface area contributed by atoms with E-state index in [1.54, 1.807) is 12.1 Å². The van der Waals surface area contributed by atoms with Gasteiger partial charge in [0.25, 0.3) is 0 Å². The van der Waals surface area contributed by atoms with Crippen LogP contribution in [0.4, 0.5) is 0 Å². The van der Waals surface area contributed by atoms with E-state index in [-0.39, 0.29) is 36.6 Å². The molecule has 1 fully saturated rings. The standard InChI is InChI=1S/C13H17ClN2O.2ClH/c1-2-12(16-7-5-15-6-8-16)11-9-10(14)3-4-13(11)17;;/h2-4,9,12,15,17H,1,5-8H2;2*1H/t12-;;/m1../s1. The molecule has 1 saturated heterocycles. The van der Waals surface area contributed by atoms with Gasteiger partial charge in [-0.3, -0.25) is 4.90 Å². The highest BCUT2D eigenvalue weighted by Gasteiger charge is 2.21. The van der Waals surface area contributed by atoms with Gasteiger partial charge in [0, 0.05) is 36.8 Å². The molecule has 0 bridgehead atoms. The summed E-state index contributed by atoms with van der Waals surface area (Å²) in [5.74, 6) is 0.276. The summed E-state index contributed by atoms with van der Waals surface area (Å²) < 4.78 is 0. The largest absolute Gasteiger partial charge is 0.508 e. The van der Waals surface area contributed by atoms with Crippen molar-refractivity contribution >= 4 is 36.4 Å². The molecule has 1 aliphatic heterocycles. The van der Waals surface area contributed by atoms with Crippen molar-refractivity contribution in [1.29, 1.82) is 0 Å². The molecule has 1 aromatic rings. The maximum Gasteiger partial charge on any atom is 0.120 e. The molecule has 1 aliphatic rings. The lowest BCUT2D eigenvalue weighted by atomic mass is 10.0. The number of benzene rings is 1. The Labute approximate surface area is 131 Å². The molecule has 0 amide bonds. The third-order valence-corrected chi connectivity index (χ3v) is 3.31. The van der Waals surface area contributed by atoms with E-state index in [0.717, 1.165) is 31.7 Å². The van der Waals surface area contributed by atoms with Gasteiger partial charge in [-0.2, -0.15) is 0 Å². The van der Waals surface area contributed by atoms with Crippen molar-refractivity contribution in [3.63, 3.8) is 0 Å². The molecular formula is C13H19Cl3N2O. The molecule has 6 heteroatoms. The third kappa shape index (κ3) is 4.55. The van der Waals surface area contributed by atoms with Crippen molar-refractivity contribution in [1.82, 2.24) is 10.2 Å². The molecule has 1 aromatic carbocycles. The van der Waals surface area contributed by atoms with E-state index in [1.165, 1.54) is 0 Å². The smallest absolute Gasteiger partial charge is 0.120 e. The van der Waals surface area contributed by atoms with Crippen LogP contribution in [0, 0.1) is 0 Å². The zero-order chi connectivity index (χ0) is 12.3. The number of phenolic OH excluding ortho intramolecular Hbond substituents is 1. The van der Waals surface area contributed by atoms with E-state index < -0.39 is 0 Å². The number of phenols is 1. The van der Waals surface area contributed by atoms with E-state index in [4.69, 9.17) is 11.6 Å².